The average Bonchev–Trinajstić information content (AvgIpc) is 2.55. The van der Waals surface area contributed by atoms with Crippen LogP contribution >= 0.6 is 15.9 Å². The molecular weight excluding hydrogens is 348 g/mol. The minimum Gasteiger partial charge on any atom is -0.504 e. The Kier molecular flexibility index (Phi) is 5.22. The molecule has 0 saturated heterocycles. The fourth-order valence-electron chi connectivity index (χ4n) is 1.89. The van der Waals surface area contributed by atoms with E-state index < -0.39 is 0 Å². The summed E-state index contributed by atoms with van der Waals surface area (Å²) < 4.78 is 10.9. The molecule has 22 heavy (non-hydrogen) atoms. The van der Waals surface area contributed by atoms with E-state index in [0.29, 0.717) is 22.6 Å². The number of rotatable bonds is 5. The molecule has 1 N–H and O–H groups in total. The van der Waals surface area contributed by atoms with Crippen molar-refractivity contribution in [3.63, 3.8) is 0 Å². The van der Waals surface area contributed by atoms with Gasteiger partial charge in [0.05, 0.1) is 14.2 Å². The van der Waals surface area contributed by atoms with Gasteiger partial charge in [-0.05, 0) is 48.6 Å². The van der Waals surface area contributed by atoms with Gasteiger partial charge in [0.15, 0.2) is 17.3 Å². The van der Waals surface area contributed by atoms with Gasteiger partial charge in [0.2, 0.25) is 0 Å². The van der Waals surface area contributed by atoms with E-state index in [9.17, 15) is 9.90 Å². The zero-order valence-corrected chi connectivity index (χ0v) is 13.8. The van der Waals surface area contributed by atoms with Crippen LogP contribution in [-0.2, 0) is 0 Å². The molecule has 0 aliphatic rings. The number of hydrogen-bond acceptors (Lipinski definition) is 4. The first-order valence-electron chi connectivity index (χ1n) is 6.48. The summed E-state index contributed by atoms with van der Waals surface area (Å²) >= 11 is 3.33. The van der Waals surface area contributed by atoms with E-state index in [1.54, 1.807) is 49.6 Å². The van der Waals surface area contributed by atoms with Crippen LogP contribution in [0.15, 0.2) is 46.9 Å². The van der Waals surface area contributed by atoms with Gasteiger partial charge in [-0.15, -0.1) is 0 Å². The van der Waals surface area contributed by atoms with Crippen LogP contribution in [0.25, 0.3) is 6.08 Å². The molecule has 0 fully saturated rings. The molecule has 4 nitrogen and oxygen atoms in total. The van der Waals surface area contributed by atoms with E-state index in [4.69, 9.17) is 9.47 Å². The third-order valence-corrected chi connectivity index (χ3v) is 3.54. The number of benzene rings is 2. The summed E-state index contributed by atoms with van der Waals surface area (Å²) in [6.07, 6.45) is 2.96. The van der Waals surface area contributed by atoms with Gasteiger partial charge in [0, 0.05) is 15.6 Å². The molecule has 0 aliphatic heterocycles. The molecule has 0 unspecified atom stereocenters. The Labute approximate surface area is 137 Å². The monoisotopic (exact) mass is 362 g/mol. The number of aromatic hydroxyl groups is 1. The van der Waals surface area contributed by atoms with Crippen molar-refractivity contribution in [2.75, 3.05) is 14.2 Å². The number of methoxy groups -OCH3 is 2. The van der Waals surface area contributed by atoms with Crippen molar-refractivity contribution < 1.29 is 19.4 Å². The molecular formula is C17H15BrO4. The molecule has 5 heteroatoms. The number of phenols is 1. The standard InChI is InChI=1S/C17H15BrO4/c1-21-14-6-3-11(4-7-14)15(19)8-5-12-9-13(18)10-16(22-2)17(12)20/h3-10,20H,1-2H3/b8-5+. The second-order valence-corrected chi connectivity index (χ2v) is 5.39. The number of hydrogen-bond donors (Lipinski definition) is 1. The number of phenolic OH excluding ortho intramolecular Hbond substituents is 1. The second kappa shape index (κ2) is 7.13. The SMILES string of the molecule is COc1ccc(C(=O)/C=C/c2cc(Br)cc(OC)c2O)cc1. The first-order valence-corrected chi connectivity index (χ1v) is 7.27. The molecule has 0 atom stereocenters. The average molecular weight is 363 g/mol. The van der Waals surface area contributed by atoms with Crippen molar-refractivity contribution in [1.82, 2.24) is 0 Å². The minimum absolute atomic E-state index is 0.00974. The molecule has 0 saturated carbocycles. The molecule has 2 aromatic carbocycles. The zero-order valence-electron chi connectivity index (χ0n) is 12.2. The predicted molar refractivity (Wildman–Crippen MR) is 88.7 cm³/mol. The Hall–Kier alpha value is -2.27. The van der Waals surface area contributed by atoms with Crippen LogP contribution < -0.4 is 9.47 Å². The summed E-state index contributed by atoms with van der Waals surface area (Å²) in [5, 5.41) is 10.0. The fraction of sp³-hybridized carbons (Fsp3) is 0.118. The second-order valence-electron chi connectivity index (χ2n) is 4.47. The smallest absolute Gasteiger partial charge is 0.185 e. The van der Waals surface area contributed by atoms with Gasteiger partial charge < -0.3 is 14.6 Å². The zero-order chi connectivity index (χ0) is 16.1. The third kappa shape index (κ3) is 3.68. The highest BCUT2D eigenvalue weighted by atomic mass is 79.9. The molecule has 0 aliphatic carbocycles. The first-order chi connectivity index (χ1) is 10.5. The summed E-state index contributed by atoms with van der Waals surface area (Å²) in [4.78, 5) is 12.1. The van der Waals surface area contributed by atoms with Crippen molar-refractivity contribution in [3.05, 3.63) is 58.1 Å². The lowest BCUT2D eigenvalue weighted by molar-refractivity contribution is 0.104. The summed E-state index contributed by atoms with van der Waals surface area (Å²) in [5.41, 5.74) is 1.03. The lowest BCUT2D eigenvalue weighted by Gasteiger charge is -2.07. The highest BCUT2D eigenvalue weighted by molar-refractivity contribution is 9.10. The Balaban J connectivity index is 2.24. The molecule has 0 heterocycles. The molecule has 0 aromatic heterocycles. The Morgan fingerprint density at radius 3 is 2.41 bits per heavy atom. The van der Waals surface area contributed by atoms with Crippen molar-refractivity contribution in [2.45, 2.75) is 0 Å². The van der Waals surface area contributed by atoms with Crippen molar-refractivity contribution in [2.24, 2.45) is 0 Å². The van der Waals surface area contributed by atoms with Crippen LogP contribution in [0.1, 0.15) is 15.9 Å². The van der Waals surface area contributed by atoms with Gasteiger partial charge in [-0.25, -0.2) is 0 Å². The summed E-state index contributed by atoms with van der Waals surface area (Å²) in [5.74, 6) is 0.853. The molecule has 114 valence electrons. The Morgan fingerprint density at radius 2 is 1.82 bits per heavy atom. The van der Waals surface area contributed by atoms with Crippen molar-refractivity contribution in [1.29, 1.82) is 0 Å². The quantitative estimate of drug-likeness (QED) is 0.643. The largest absolute Gasteiger partial charge is 0.504 e. The maximum atomic E-state index is 12.1. The van der Waals surface area contributed by atoms with Crippen molar-refractivity contribution in [3.8, 4) is 17.2 Å². The van der Waals surface area contributed by atoms with E-state index >= 15 is 0 Å². The predicted octanol–water partition coefficient (Wildman–Crippen LogP) is 4.07. The molecule has 0 spiro atoms. The first kappa shape index (κ1) is 16.1. The fourth-order valence-corrected chi connectivity index (χ4v) is 2.35. The summed E-state index contributed by atoms with van der Waals surface area (Å²) in [7, 11) is 3.04. The number of ketones is 1. The van der Waals surface area contributed by atoms with Gasteiger partial charge in [0.1, 0.15) is 5.75 Å². The normalized spacial score (nSPS) is 10.7. The topological polar surface area (TPSA) is 55.8 Å². The van der Waals surface area contributed by atoms with Crippen LogP contribution in [-0.4, -0.2) is 25.1 Å². The number of carbonyl (C=O) groups excluding carboxylic acids is 1. The van der Waals surface area contributed by atoms with Crippen LogP contribution in [0, 0.1) is 0 Å². The van der Waals surface area contributed by atoms with E-state index in [1.807, 2.05) is 0 Å². The molecule has 0 amide bonds. The van der Waals surface area contributed by atoms with E-state index in [1.165, 1.54) is 13.2 Å². The highest BCUT2D eigenvalue weighted by Gasteiger charge is 2.08. The summed E-state index contributed by atoms with van der Waals surface area (Å²) in [6.45, 7) is 0. The lowest BCUT2D eigenvalue weighted by atomic mass is 10.1. The van der Waals surface area contributed by atoms with E-state index in [-0.39, 0.29) is 11.5 Å². The van der Waals surface area contributed by atoms with Gasteiger partial charge in [-0.1, -0.05) is 15.9 Å². The van der Waals surface area contributed by atoms with Crippen LogP contribution in [0.4, 0.5) is 0 Å². The van der Waals surface area contributed by atoms with Crippen LogP contribution in [0.3, 0.4) is 0 Å². The third-order valence-electron chi connectivity index (χ3n) is 3.08. The van der Waals surface area contributed by atoms with E-state index in [0.717, 1.165) is 4.47 Å². The maximum absolute atomic E-state index is 12.1. The number of carbonyl (C=O) groups is 1. The number of ether oxygens (including phenoxy) is 2. The minimum atomic E-state index is -0.166. The Bertz CT molecular complexity index is 705. The molecule has 2 rings (SSSR count). The summed E-state index contributed by atoms with van der Waals surface area (Å²) in [6, 6.07) is 10.2. The van der Waals surface area contributed by atoms with Gasteiger partial charge in [-0.2, -0.15) is 0 Å². The maximum Gasteiger partial charge on any atom is 0.185 e. The van der Waals surface area contributed by atoms with Crippen LogP contribution in [0.5, 0.6) is 17.2 Å². The Morgan fingerprint density at radius 1 is 1.14 bits per heavy atom. The lowest BCUT2D eigenvalue weighted by Crippen LogP contribution is -1.94. The number of allylic oxidation sites excluding steroid dienone is 1. The molecule has 2 aromatic rings. The number of halogens is 1. The van der Waals surface area contributed by atoms with Gasteiger partial charge in [0.25, 0.3) is 0 Å². The van der Waals surface area contributed by atoms with Crippen LogP contribution in [0.2, 0.25) is 0 Å². The highest BCUT2D eigenvalue weighted by Crippen LogP contribution is 2.34. The van der Waals surface area contributed by atoms with E-state index in [2.05, 4.69) is 15.9 Å². The van der Waals surface area contributed by atoms with Gasteiger partial charge in [-0.3, -0.25) is 4.79 Å². The van der Waals surface area contributed by atoms with Gasteiger partial charge >= 0.3 is 0 Å². The molecule has 0 bridgehead atoms. The molecule has 0 radical (unpaired) electrons. The van der Waals surface area contributed by atoms with Crippen molar-refractivity contribution >= 4 is 27.8 Å².